The Morgan fingerprint density at radius 1 is 1.52 bits per heavy atom. The van der Waals surface area contributed by atoms with Gasteiger partial charge < -0.3 is 10.5 Å². The van der Waals surface area contributed by atoms with Crippen molar-refractivity contribution in [1.82, 2.24) is 15.4 Å². The van der Waals surface area contributed by atoms with Gasteiger partial charge in [0, 0.05) is 17.4 Å². The zero-order chi connectivity index (χ0) is 17.3. The summed E-state index contributed by atoms with van der Waals surface area (Å²) in [6.07, 6.45) is 4.21. The lowest BCUT2D eigenvalue weighted by atomic mass is 9.95. The molecule has 1 aromatic rings. The van der Waals surface area contributed by atoms with Gasteiger partial charge in [-0.15, -0.1) is 0 Å². The number of aliphatic imine (C=N–C) groups is 1. The summed E-state index contributed by atoms with van der Waals surface area (Å²) >= 11 is 3.30. The minimum absolute atomic E-state index is 0.170. The highest BCUT2D eigenvalue weighted by molar-refractivity contribution is 9.10. The molecule has 1 unspecified atom stereocenters. The maximum atomic E-state index is 10.4. The van der Waals surface area contributed by atoms with Gasteiger partial charge in [0.25, 0.3) is 0 Å². The second kappa shape index (κ2) is 6.43. The van der Waals surface area contributed by atoms with Crippen LogP contribution in [0.3, 0.4) is 0 Å². The highest BCUT2D eigenvalue weighted by Crippen LogP contribution is 2.40. The Morgan fingerprint density at radius 3 is 2.74 bits per heavy atom. The molecule has 0 aliphatic carbocycles. The Kier molecular flexibility index (Phi) is 4.94. The molecule has 124 valence electrons. The average molecular weight is 381 g/mol. The van der Waals surface area contributed by atoms with Crippen LogP contribution in [-0.4, -0.2) is 38.3 Å². The topological polar surface area (TPSA) is 96.6 Å². The van der Waals surface area contributed by atoms with Gasteiger partial charge in [0.2, 0.25) is 5.96 Å². The van der Waals surface area contributed by atoms with Crippen molar-refractivity contribution in [1.29, 1.82) is 5.26 Å². The van der Waals surface area contributed by atoms with Crippen molar-refractivity contribution >= 4 is 27.6 Å². The van der Waals surface area contributed by atoms with Crippen molar-refractivity contribution in [2.75, 3.05) is 5.32 Å². The molecule has 1 fully saturated rings. The van der Waals surface area contributed by atoms with E-state index in [0.717, 1.165) is 5.69 Å². The van der Waals surface area contributed by atoms with E-state index in [1.54, 1.807) is 18.3 Å². The van der Waals surface area contributed by atoms with Crippen LogP contribution in [0.15, 0.2) is 27.9 Å². The Balaban J connectivity index is 2.27. The minimum atomic E-state index is -0.535. The summed E-state index contributed by atoms with van der Waals surface area (Å²) in [6, 6.07) is 3.40. The van der Waals surface area contributed by atoms with Gasteiger partial charge in [-0.3, -0.25) is 5.32 Å². The van der Waals surface area contributed by atoms with Crippen LogP contribution in [0.5, 0.6) is 0 Å². The maximum Gasteiger partial charge on any atom is 0.209 e. The van der Waals surface area contributed by atoms with E-state index in [1.807, 2.05) is 33.9 Å². The Bertz CT molecular complexity index is 652. The van der Waals surface area contributed by atoms with Gasteiger partial charge >= 0.3 is 0 Å². The van der Waals surface area contributed by atoms with E-state index < -0.39 is 5.54 Å². The van der Waals surface area contributed by atoms with Crippen molar-refractivity contribution in [3.63, 3.8) is 0 Å². The zero-order valence-corrected chi connectivity index (χ0v) is 15.2. The lowest BCUT2D eigenvalue weighted by Gasteiger charge is -2.35. The average Bonchev–Trinajstić information content (AvgIpc) is 2.59. The molecule has 0 radical (unpaired) electrons. The summed E-state index contributed by atoms with van der Waals surface area (Å²) in [4.78, 5) is 8.68. The Labute approximate surface area is 144 Å². The second-order valence-electron chi connectivity index (χ2n) is 6.70. The molecule has 23 heavy (non-hydrogen) atoms. The fourth-order valence-corrected chi connectivity index (χ4v) is 3.22. The lowest BCUT2D eigenvalue weighted by molar-refractivity contribution is -0.193. The van der Waals surface area contributed by atoms with Gasteiger partial charge in [0.05, 0.1) is 11.6 Å². The van der Waals surface area contributed by atoms with Crippen molar-refractivity contribution < 1.29 is 5.21 Å². The van der Waals surface area contributed by atoms with Crippen molar-refractivity contribution in [3.05, 3.63) is 22.9 Å². The van der Waals surface area contributed by atoms with Crippen LogP contribution in [0.25, 0.3) is 0 Å². The van der Waals surface area contributed by atoms with Crippen LogP contribution in [0.1, 0.15) is 34.1 Å². The summed E-state index contributed by atoms with van der Waals surface area (Å²) in [5, 5.41) is 26.3. The van der Waals surface area contributed by atoms with E-state index in [9.17, 15) is 5.21 Å². The molecule has 7 nitrogen and oxygen atoms in total. The van der Waals surface area contributed by atoms with E-state index in [4.69, 9.17) is 5.26 Å². The SMILES string of the molecule is CC1(C)CC(N=C(NC#N)Nc2ccnc(Br)c2)C(C)(C)N1O. The number of nitrogens with zero attached hydrogens (tertiary/aromatic N) is 4. The van der Waals surface area contributed by atoms with Crippen molar-refractivity contribution in [3.8, 4) is 6.19 Å². The van der Waals surface area contributed by atoms with Crippen molar-refractivity contribution in [2.45, 2.75) is 51.2 Å². The summed E-state index contributed by atoms with van der Waals surface area (Å²) in [5.41, 5.74) is -0.161. The molecular weight excluding hydrogens is 360 g/mol. The molecule has 0 spiro atoms. The molecule has 0 amide bonds. The normalized spacial score (nSPS) is 23.3. The van der Waals surface area contributed by atoms with Crippen LogP contribution < -0.4 is 10.6 Å². The van der Waals surface area contributed by atoms with Gasteiger partial charge in [-0.25, -0.2) is 9.98 Å². The monoisotopic (exact) mass is 380 g/mol. The molecule has 0 aromatic carbocycles. The number of pyridine rings is 1. The number of hydroxylamine groups is 2. The molecule has 8 heteroatoms. The number of aromatic nitrogens is 1. The van der Waals surface area contributed by atoms with E-state index in [1.165, 1.54) is 5.06 Å². The molecule has 1 atom stereocenters. The number of hydrogen-bond donors (Lipinski definition) is 3. The molecule has 0 bridgehead atoms. The minimum Gasteiger partial charge on any atom is -0.325 e. The van der Waals surface area contributed by atoms with Gasteiger partial charge in [-0.2, -0.15) is 10.3 Å². The molecule has 1 saturated heterocycles. The number of halogens is 1. The Morgan fingerprint density at radius 2 is 2.22 bits per heavy atom. The van der Waals surface area contributed by atoms with Gasteiger partial charge in [-0.05, 0) is 62.2 Å². The number of hydrogen-bond acceptors (Lipinski definition) is 5. The molecule has 2 heterocycles. The largest absolute Gasteiger partial charge is 0.325 e. The first kappa shape index (κ1) is 17.7. The number of nitriles is 1. The van der Waals surface area contributed by atoms with E-state index in [2.05, 4.69) is 36.5 Å². The van der Waals surface area contributed by atoms with Crippen LogP contribution in [-0.2, 0) is 0 Å². The first-order chi connectivity index (χ1) is 10.7. The summed E-state index contributed by atoms with van der Waals surface area (Å²) in [5.74, 6) is 0.342. The quantitative estimate of drug-likeness (QED) is 0.240. The second-order valence-corrected chi connectivity index (χ2v) is 7.52. The van der Waals surface area contributed by atoms with Crippen LogP contribution in [0, 0.1) is 11.5 Å². The van der Waals surface area contributed by atoms with Gasteiger partial charge in [0.1, 0.15) is 4.60 Å². The van der Waals surface area contributed by atoms with Crippen molar-refractivity contribution in [2.24, 2.45) is 4.99 Å². The summed E-state index contributed by atoms with van der Waals surface area (Å²) in [7, 11) is 0. The van der Waals surface area contributed by atoms with Gasteiger partial charge in [0.15, 0.2) is 6.19 Å². The van der Waals surface area contributed by atoms with Crippen LogP contribution in [0.4, 0.5) is 5.69 Å². The Hall–Kier alpha value is -1.69. The number of anilines is 1. The summed E-state index contributed by atoms with van der Waals surface area (Å²) < 4.78 is 0.683. The zero-order valence-electron chi connectivity index (χ0n) is 13.6. The molecule has 0 saturated carbocycles. The highest BCUT2D eigenvalue weighted by atomic mass is 79.9. The number of rotatable bonds is 2. The molecule has 1 aliphatic rings. The predicted octanol–water partition coefficient (Wildman–Crippen LogP) is 2.70. The molecule has 2 rings (SSSR count). The van der Waals surface area contributed by atoms with Crippen LogP contribution >= 0.6 is 15.9 Å². The van der Waals surface area contributed by atoms with Gasteiger partial charge in [-0.1, -0.05) is 0 Å². The third-order valence-electron chi connectivity index (χ3n) is 4.08. The predicted molar refractivity (Wildman–Crippen MR) is 91.9 cm³/mol. The first-order valence-corrected chi connectivity index (χ1v) is 8.07. The van der Waals surface area contributed by atoms with E-state index in [0.29, 0.717) is 17.0 Å². The molecule has 1 aliphatic heterocycles. The molecular formula is C15H21BrN6O. The number of nitrogens with one attached hydrogen (secondary N) is 2. The smallest absolute Gasteiger partial charge is 0.209 e. The number of guanidine groups is 1. The maximum absolute atomic E-state index is 10.4. The third kappa shape index (κ3) is 3.80. The fourth-order valence-electron chi connectivity index (χ4n) is 2.86. The fraction of sp³-hybridized carbons (Fsp3) is 0.533. The highest BCUT2D eigenvalue weighted by Gasteiger charge is 2.51. The molecule has 1 aromatic heterocycles. The van der Waals surface area contributed by atoms with Crippen LogP contribution in [0.2, 0.25) is 0 Å². The summed E-state index contributed by atoms with van der Waals surface area (Å²) in [6.45, 7) is 7.80. The first-order valence-electron chi connectivity index (χ1n) is 7.27. The molecule has 3 N–H and O–H groups in total. The van der Waals surface area contributed by atoms with E-state index >= 15 is 0 Å². The lowest BCUT2D eigenvalue weighted by Crippen LogP contribution is -2.48. The third-order valence-corrected chi connectivity index (χ3v) is 4.51. The standard InChI is InChI=1S/C15H21BrN6O/c1-14(2)8-11(15(3,4)22(14)23)21-13(19-9-17)20-10-5-6-18-12(16)7-10/h5-7,11,23H,8H2,1-4H3,(H2,18,19,20,21). The van der Waals surface area contributed by atoms with E-state index in [-0.39, 0.29) is 11.6 Å².